The van der Waals surface area contributed by atoms with Crippen molar-refractivity contribution in [2.75, 3.05) is 6.54 Å². The van der Waals surface area contributed by atoms with Crippen LogP contribution in [-0.4, -0.2) is 44.9 Å². The third kappa shape index (κ3) is 4.04. The number of aromatic amines is 1. The number of pyridine rings is 2. The van der Waals surface area contributed by atoms with Crippen LogP contribution in [0.1, 0.15) is 58.0 Å². The average Bonchev–Trinajstić information content (AvgIpc) is 3.25. The lowest BCUT2D eigenvalue weighted by Gasteiger charge is -2.15. The van der Waals surface area contributed by atoms with E-state index in [9.17, 15) is 19.2 Å². The summed E-state index contributed by atoms with van der Waals surface area (Å²) >= 11 is 0. The molecule has 1 aromatic carbocycles. The summed E-state index contributed by atoms with van der Waals surface area (Å²) < 4.78 is 0. The van der Waals surface area contributed by atoms with E-state index in [0.717, 1.165) is 35.2 Å². The van der Waals surface area contributed by atoms with Gasteiger partial charge in [-0.05, 0) is 30.7 Å². The second kappa shape index (κ2) is 9.18. The molecule has 3 N–H and O–H groups in total. The van der Waals surface area contributed by atoms with E-state index in [2.05, 4.69) is 25.6 Å². The maximum atomic E-state index is 13.0. The maximum Gasteiger partial charge on any atom is 0.269 e. The first-order chi connectivity index (χ1) is 17.4. The number of unbranched alkanes of at least 4 members (excludes halogenated alkanes) is 1. The van der Waals surface area contributed by atoms with Crippen LogP contribution in [0.15, 0.2) is 54.2 Å². The van der Waals surface area contributed by atoms with Gasteiger partial charge in [0, 0.05) is 35.8 Å². The number of rotatable bonds is 6. The highest BCUT2D eigenvalue weighted by Crippen LogP contribution is 2.33. The lowest BCUT2D eigenvalue weighted by molar-refractivity contribution is -0.118. The van der Waals surface area contributed by atoms with Crippen molar-refractivity contribution in [1.82, 2.24) is 25.6 Å². The normalized spacial score (nSPS) is 13.0. The van der Waals surface area contributed by atoms with Crippen LogP contribution < -0.4 is 10.6 Å². The number of allylic oxidation sites excluding steroid dienone is 2. The highest BCUT2D eigenvalue weighted by Gasteiger charge is 2.29. The van der Waals surface area contributed by atoms with Crippen LogP contribution in [0.5, 0.6) is 0 Å². The Morgan fingerprint density at radius 1 is 1.00 bits per heavy atom. The Labute approximate surface area is 206 Å². The number of nitrogens with one attached hydrogen (secondary N) is 3. The van der Waals surface area contributed by atoms with E-state index in [1.54, 1.807) is 12.1 Å². The van der Waals surface area contributed by atoms with Gasteiger partial charge < -0.3 is 15.6 Å². The zero-order valence-electron chi connectivity index (χ0n) is 19.8. The lowest BCUT2D eigenvalue weighted by Crippen LogP contribution is -2.30. The van der Waals surface area contributed by atoms with E-state index in [0.29, 0.717) is 23.4 Å². The van der Waals surface area contributed by atoms with Gasteiger partial charge in [0.2, 0.25) is 11.7 Å². The highest BCUT2D eigenvalue weighted by molar-refractivity contribution is 6.24. The number of ketones is 2. The average molecular weight is 482 g/mol. The molecule has 1 aliphatic rings. The Morgan fingerprint density at radius 3 is 2.58 bits per heavy atom. The molecule has 0 fully saturated rings. The summed E-state index contributed by atoms with van der Waals surface area (Å²) in [5.41, 5.74) is 2.37. The molecule has 9 nitrogen and oxygen atoms in total. The molecule has 3 aromatic heterocycles. The summed E-state index contributed by atoms with van der Waals surface area (Å²) in [6.07, 6.45) is 2.89. The molecule has 9 heteroatoms. The Balaban J connectivity index is 1.68. The molecule has 0 saturated carbocycles. The molecule has 0 aliphatic heterocycles. The van der Waals surface area contributed by atoms with Crippen molar-refractivity contribution in [2.24, 2.45) is 0 Å². The molecule has 2 amide bonds. The van der Waals surface area contributed by atoms with Crippen molar-refractivity contribution >= 4 is 45.2 Å². The highest BCUT2D eigenvalue weighted by atomic mass is 16.2. The maximum absolute atomic E-state index is 13.0. The number of para-hydroxylation sites is 1. The summed E-state index contributed by atoms with van der Waals surface area (Å²) in [5, 5.41) is 6.99. The van der Waals surface area contributed by atoms with Gasteiger partial charge >= 0.3 is 0 Å². The van der Waals surface area contributed by atoms with Gasteiger partial charge in [-0.15, -0.1) is 0 Å². The molecule has 4 aromatic rings. The fraction of sp³-hybridized carbons (Fsp3) is 0.185. The number of aromatic nitrogens is 3. The van der Waals surface area contributed by atoms with Crippen LogP contribution in [0.3, 0.4) is 0 Å². The molecule has 0 spiro atoms. The van der Waals surface area contributed by atoms with Crippen molar-refractivity contribution in [3.63, 3.8) is 0 Å². The zero-order valence-corrected chi connectivity index (χ0v) is 19.8. The number of benzene rings is 1. The van der Waals surface area contributed by atoms with Gasteiger partial charge in [-0.25, -0.2) is 9.97 Å². The predicted octanol–water partition coefficient (Wildman–Crippen LogP) is 3.71. The summed E-state index contributed by atoms with van der Waals surface area (Å²) in [6.45, 7) is 3.83. The largest absolute Gasteiger partial charge is 0.353 e. The van der Waals surface area contributed by atoms with Gasteiger partial charge in [0.05, 0.1) is 22.5 Å². The van der Waals surface area contributed by atoms with Crippen LogP contribution in [-0.2, 0) is 4.79 Å². The minimum atomic E-state index is -0.567. The third-order valence-corrected chi connectivity index (χ3v) is 5.99. The number of hydrogen-bond donors (Lipinski definition) is 3. The van der Waals surface area contributed by atoms with Crippen LogP contribution in [0.4, 0.5) is 0 Å². The smallest absolute Gasteiger partial charge is 0.269 e. The Hall–Kier alpha value is -4.66. The molecular formula is C27H23N5O4. The van der Waals surface area contributed by atoms with Crippen LogP contribution in [0.2, 0.25) is 0 Å². The first kappa shape index (κ1) is 23.1. The number of Topliss-reactive ketones (excluding diaryl/α,β-unsaturated/α-hetero) is 1. The molecule has 3 heterocycles. The summed E-state index contributed by atoms with van der Waals surface area (Å²) in [6, 6.07) is 12.5. The predicted molar refractivity (Wildman–Crippen MR) is 135 cm³/mol. The van der Waals surface area contributed by atoms with Crippen molar-refractivity contribution < 1.29 is 19.2 Å². The fourth-order valence-electron chi connectivity index (χ4n) is 4.26. The molecular weight excluding hydrogens is 458 g/mol. The molecule has 180 valence electrons. The molecule has 0 saturated heterocycles. The van der Waals surface area contributed by atoms with E-state index in [1.165, 1.54) is 13.0 Å². The van der Waals surface area contributed by atoms with Crippen molar-refractivity contribution in [3.8, 4) is 11.4 Å². The summed E-state index contributed by atoms with van der Waals surface area (Å²) in [4.78, 5) is 62.5. The fourth-order valence-corrected chi connectivity index (χ4v) is 4.26. The van der Waals surface area contributed by atoms with E-state index in [1.807, 2.05) is 31.2 Å². The minimum Gasteiger partial charge on any atom is -0.353 e. The van der Waals surface area contributed by atoms with Crippen molar-refractivity contribution in [2.45, 2.75) is 26.7 Å². The number of carbonyl (C=O) groups is 4. The number of fused-ring (bicyclic) bond motifs is 4. The van der Waals surface area contributed by atoms with Crippen LogP contribution in [0, 0.1) is 0 Å². The molecule has 1 aliphatic carbocycles. The molecule has 0 radical (unpaired) electrons. The topological polar surface area (TPSA) is 134 Å². The Kier molecular flexibility index (Phi) is 5.89. The summed E-state index contributed by atoms with van der Waals surface area (Å²) in [5.74, 6) is -1.77. The van der Waals surface area contributed by atoms with Crippen molar-refractivity contribution in [3.05, 3.63) is 71.2 Å². The Bertz CT molecular complexity index is 1620. The minimum absolute atomic E-state index is 0.0763. The second-order valence-electron chi connectivity index (χ2n) is 8.58. The Morgan fingerprint density at radius 2 is 1.81 bits per heavy atom. The number of H-pyrrole nitrogens is 1. The molecule has 5 rings (SSSR count). The first-order valence-electron chi connectivity index (χ1n) is 11.7. The van der Waals surface area contributed by atoms with Gasteiger partial charge in [-0.1, -0.05) is 31.5 Å². The van der Waals surface area contributed by atoms with Crippen LogP contribution >= 0.6 is 0 Å². The van der Waals surface area contributed by atoms with E-state index >= 15 is 0 Å². The first-order valence-corrected chi connectivity index (χ1v) is 11.7. The van der Waals surface area contributed by atoms with E-state index < -0.39 is 17.5 Å². The third-order valence-electron chi connectivity index (χ3n) is 5.99. The molecule has 0 unspecified atom stereocenters. The second-order valence-corrected chi connectivity index (χ2v) is 8.58. The molecule has 0 bridgehead atoms. The lowest BCUT2D eigenvalue weighted by atomic mass is 9.96. The van der Waals surface area contributed by atoms with Gasteiger partial charge in [0.15, 0.2) is 5.78 Å². The van der Waals surface area contributed by atoms with E-state index in [-0.39, 0.29) is 28.6 Å². The molecule has 0 atom stereocenters. The number of carbonyl (C=O) groups excluding carboxylic acids is 4. The SMILES string of the molecule is CCCCNC(=O)c1cc2c([nH]c3ccccc32)c(-c2ccc3c(n2)C(=O)C(NC(C)=O)=CC3=O)n1. The van der Waals surface area contributed by atoms with Gasteiger partial charge in [0.1, 0.15) is 17.1 Å². The monoisotopic (exact) mass is 481 g/mol. The zero-order chi connectivity index (χ0) is 25.4. The quantitative estimate of drug-likeness (QED) is 0.360. The van der Waals surface area contributed by atoms with Crippen LogP contribution in [0.25, 0.3) is 33.2 Å². The molecule has 36 heavy (non-hydrogen) atoms. The number of nitrogens with zero attached hydrogens (tertiary/aromatic N) is 2. The van der Waals surface area contributed by atoms with Gasteiger partial charge in [-0.3, -0.25) is 19.2 Å². The van der Waals surface area contributed by atoms with E-state index in [4.69, 9.17) is 0 Å². The summed E-state index contributed by atoms with van der Waals surface area (Å²) in [7, 11) is 0. The standard InChI is InChI=1S/C27H23N5O4/c1-3-4-11-28-27(36)21-12-17-15-7-5-6-8-18(15)30-23(17)25(32-21)19-10-9-16-22(34)13-20(29-14(2)33)26(35)24(16)31-19/h5-10,12-13,30H,3-4,11H2,1-2H3,(H,28,36)(H,29,33). The van der Waals surface area contributed by atoms with Gasteiger partial charge in [0.25, 0.3) is 5.91 Å². The van der Waals surface area contributed by atoms with Crippen molar-refractivity contribution in [1.29, 1.82) is 0 Å². The number of hydrogen-bond acceptors (Lipinski definition) is 6. The number of amides is 2. The van der Waals surface area contributed by atoms with Gasteiger partial charge in [-0.2, -0.15) is 0 Å².